The number of alkyl halides is 3. The number of hydrogen-bond donors (Lipinski definition) is 3. The van der Waals surface area contributed by atoms with Crippen LogP contribution in [-0.2, 0) is 6.18 Å². The number of rotatable bonds is 3. The van der Waals surface area contributed by atoms with E-state index in [0.717, 1.165) is 0 Å². The predicted molar refractivity (Wildman–Crippen MR) is 83.3 cm³/mol. The van der Waals surface area contributed by atoms with Gasteiger partial charge >= 0.3 is 12.2 Å². The molecule has 0 spiro atoms. The van der Waals surface area contributed by atoms with Crippen LogP contribution in [0.2, 0.25) is 0 Å². The van der Waals surface area contributed by atoms with Gasteiger partial charge in [-0.05, 0) is 22.4 Å². The van der Waals surface area contributed by atoms with E-state index in [9.17, 15) is 18.0 Å². The minimum absolute atomic E-state index is 0.0806. The molecule has 0 aliphatic rings. The lowest BCUT2D eigenvalue weighted by molar-refractivity contribution is -0.136. The van der Waals surface area contributed by atoms with Crippen LogP contribution in [-0.4, -0.2) is 26.7 Å². The number of tetrazole rings is 1. The van der Waals surface area contributed by atoms with Gasteiger partial charge in [-0.1, -0.05) is 36.4 Å². The lowest BCUT2D eigenvalue weighted by Gasteiger charge is -2.19. The van der Waals surface area contributed by atoms with E-state index in [4.69, 9.17) is 5.73 Å². The molecule has 0 aliphatic heterocycles. The Labute approximate surface area is 139 Å². The summed E-state index contributed by atoms with van der Waals surface area (Å²) in [5, 5.41) is 14.8. The summed E-state index contributed by atoms with van der Waals surface area (Å²) in [6.45, 7) is 0. The molecule has 0 radical (unpaired) electrons. The molecular weight excluding hydrogens is 337 g/mol. The summed E-state index contributed by atoms with van der Waals surface area (Å²) < 4.78 is 41.6. The van der Waals surface area contributed by atoms with E-state index in [-0.39, 0.29) is 17.1 Å². The van der Waals surface area contributed by atoms with Crippen molar-refractivity contribution in [3.05, 3.63) is 48.0 Å². The van der Waals surface area contributed by atoms with Crippen LogP contribution in [0, 0.1) is 0 Å². The van der Waals surface area contributed by atoms with Crippen LogP contribution < -0.4 is 11.1 Å². The highest BCUT2D eigenvalue weighted by Crippen LogP contribution is 2.45. The third kappa shape index (κ3) is 3.27. The highest BCUT2D eigenvalue weighted by Gasteiger charge is 2.39. The maximum absolute atomic E-state index is 13.9. The molecule has 128 valence electrons. The van der Waals surface area contributed by atoms with E-state index in [1.807, 2.05) is 0 Å². The third-order valence-electron chi connectivity index (χ3n) is 3.40. The zero-order valence-electron chi connectivity index (χ0n) is 12.5. The van der Waals surface area contributed by atoms with E-state index >= 15 is 0 Å². The van der Waals surface area contributed by atoms with Crippen LogP contribution in [0.15, 0.2) is 42.5 Å². The van der Waals surface area contributed by atoms with Crippen molar-refractivity contribution >= 4 is 11.7 Å². The summed E-state index contributed by atoms with van der Waals surface area (Å²) in [4.78, 5) is 11.2. The average molecular weight is 348 g/mol. The average Bonchev–Trinajstić information content (AvgIpc) is 3.08. The van der Waals surface area contributed by atoms with Crippen molar-refractivity contribution in [1.82, 2.24) is 20.6 Å². The molecule has 25 heavy (non-hydrogen) atoms. The molecule has 0 bridgehead atoms. The molecule has 7 nitrogen and oxygen atoms in total. The lowest BCUT2D eigenvalue weighted by Crippen LogP contribution is -2.21. The van der Waals surface area contributed by atoms with Gasteiger partial charge in [0, 0.05) is 0 Å². The van der Waals surface area contributed by atoms with Gasteiger partial charge in [0.1, 0.15) is 0 Å². The number of benzene rings is 2. The number of urea groups is 1. The highest BCUT2D eigenvalue weighted by molar-refractivity contribution is 5.95. The summed E-state index contributed by atoms with van der Waals surface area (Å²) in [7, 11) is 0. The fraction of sp³-hybridized carbons (Fsp3) is 0.0667. The van der Waals surface area contributed by atoms with Crippen molar-refractivity contribution in [1.29, 1.82) is 0 Å². The number of halogens is 3. The molecule has 1 heterocycles. The number of nitrogens with one attached hydrogen (secondary N) is 2. The van der Waals surface area contributed by atoms with Crippen molar-refractivity contribution < 1.29 is 18.0 Å². The summed E-state index contributed by atoms with van der Waals surface area (Å²) in [5.74, 6) is -0.311. The maximum atomic E-state index is 13.9. The number of aromatic amines is 1. The fourth-order valence-electron chi connectivity index (χ4n) is 2.49. The van der Waals surface area contributed by atoms with Gasteiger partial charge in [0.2, 0.25) is 5.82 Å². The molecule has 0 saturated heterocycles. The summed E-state index contributed by atoms with van der Waals surface area (Å²) in [6, 6.07) is 9.60. The van der Waals surface area contributed by atoms with E-state index in [1.54, 1.807) is 30.3 Å². The van der Waals surface area contributed by atoms with Gasteiger partial charge in [-0.25, -0.2) is 4.79 Å². The Kier molecular flexibility index (Phi) is 4.09. The summed E-state index contributed by atoms with van der Waals surface area (Å²) in [6.07, 6.45) is -4.74. The summed E-state index contributed by atoms with van der Waals surface area (Å²) >= 11 is 0. The first-order valence-corrected chi connectivity index (χ1v) is 6.98. The standard InChI is InChI=1S/C15H11F3N6O/c16-15(17,18)12-9(8-4-2-1-3-5-8)6-7-10(20-14(19)25)11(12)13-21-23-24-22-13/h1-7H,(H3,19,20,25)(H,21,22,23,24). The SMILES string of the molecule is NC(=O)Nc1ccc(-c2ccccc2)c(C(F)(F)F)c1-c1nn[nH]n1. The Balaban J connectivity index is 2.36. The van der Waals surface area contributed by atoms with E-state index in [0.29, 0.717) is 5.56 Å². The second-order valence-electron chi connectivity index (χ2n) is 5.00. The van der Waals surface area contributed by atoms with Gasteiger partial charge in [-0.2, -0.15) is 18.4 Å². The van der Waals surface area contributed by atoms with Crippen LogP contribution in [0.4, 0.5) is 23.7 Å². The molecule has 10 heteroatoms. The Hall–Kier alpha value is -3.43. The molecule has 0 unspecified atom stereocenters. The van der Waals surface area contributed by atoms with Crippen LogP contribution in [0.25, 0.3) is 22.5 Å². The van der Waals surface area contributed by atoms with Crippen molar-refractivity contribution in [2.24, 2.45) is 5.73 Å². The van der Waals surface area contributed by atoms with E-state index in [1.165, 1.54) is 12.1 Å². The predicted octanol–water partition coefficient (Wildman–Crippen LogP) is 3.04. The molecule has 1 aromatic heterocycles. The van der Waals surface area contributed by atoms with Crippen molar-refractivity contribution in [2.75, 3.05) is 5.32 Å². The smallest absolute Gasteiger partial charge is 0.351 e. The molecule has 2 amide bonds. The largest absolute Gasteiger partial charge is 0.417 e. The van der Waals surface area contributed by atoms with Gasteiger partial charge in [0.05, 0.1) is 16.8 Å². The Morgan fingerprint density at radius 1 is 1.12 bits per heavy atom. The second-order valence-corrected chi connectivity index (χ2v) is 5.00. The van der Waals surface area contributed by atoms with Crippen LogP contribution in [0.1, 0.15) is 5.56 Å². The number of nitrogens with zero attached hydrogens (tertiary/aromatic N) is 3. The van der Waals surface area contributed by atoms with E-state index < -0.39 is 23.3 Å². The number of H-pyrrole nitrogens is 1. The number of carbonyl (C=O) groups is 1. The number of anilines is 1. The quantitative estimate of drug-likeness (QED) is 0.676. The Morgan fingerprint density at radius 2 is 1.84 bits per heavy atom. The number of aromatic nitrogens is 4. The zero-order valence-corrected chi connectivity index (χ0v) is 12.5. The molecule has 0 fully saturated rings. The van der Waals surface area contributed by atoms with Crippen LogP contribution in [0.5, 0.6) is 0 Å². The molecule has 0 atom stereocenters. The van der Waals surface area contributed by atoms with Crippen LogP contribution >= 0.6 is 0 Å². The number of nitrogens with two attached hydrogens (primary N) is 1. The molecule has 4 N–H and O–H groups in total. The van der Waals surface area contributed by atoms with Crippen LogP contribution in [0.3, 0.4) is 0 Å². The van der Waals surface area contributed by atoms with Gasteiger partial charge in [-0.15, -0.1) is 10.2 Å². The van der Waals surface area contributed by atoms with Crippen molar-refractivity contribution in [3.8, 4) is 22.5 Å². The number of carbonyl (C=O) groups excluding carboxylic acids is 1. The Morgan fingerprint density at radius 3 is 2.40 bits per heavy atom. The molecule has 0 aliphatic carbocycles. The van der Waals surface area contributed by atoms with Gasteiger partial charge in [0.25, 0.3) is 0 Å². The number of hydrogen-bond acceptors (Lipinski definition) is 4. The first kappa shape index (κ1) is 16.4. The molecule has 3 rings (SSSR count). The number of amides is 2. The molecule has 3 aromatic rings. The first-order chi connectivity index (χ1) is 11.9. The summed E-state index contributed by atoms with van der Waals surface area (Å²) in [5.41, 5.74) is 3.76. The molecule has 2 aromatic carbocycles. The lowest BCUT2D eigenvalue weighted by atomic mass is 9.93. The monoisotopic (exact) mass is 348 g/mol. The van der Waals surface area contributed by atoms with E-state index in [2.05, 4.69) is 25.9 Å². The van der Waals surface area contributed by atoms with Gasteiger partial charge < -0.3 is 11.1 Å². The molecular formula is C15H11F3N6O. The maximum Gasteiger partial charge on any atom is 0.417 e. The third-order valence-corrected chi connectivity index (χ3v) is 3.40. The molecule has 0 saturated carbocycles. The van der Waals surface area contributed by atoms with Gasteiger partial charge in [0.15, 0.2) is 0 Å². The number of primary amides is 1. The topological polar surface area (TPSA) is 110 Å². The zero-order chi connectivity index (χ0) is 18.0. The second kappa shape index (κ2) is 6.23. The van der Waals surface area contributed by atoms with Gasteiger partial charge in [-0.3, -0.25) is 0 Å². The first-order valence-electron chi connectivity index (χ1n) is 6.98. The van der Waals surface area contributed by atoms with Crippen molar-refractivity contribution in [2.45, 2.75) is 6.18 Å². The minimum atomic E-state index is -4.74. The van der Waals surface area contributed by atoms with Crippen molar-refractivity contribution in [3.63, 3.8) is 0 Å². The fourth-order valence-corrected chi connectivity index (χ4v) is 2.49. The minimum Gasteiger partial charge on any atom is -0.351 e. The normalized spacial score (nSPS) is 11.3. The Bertz CT molecular complexity index is 894. The highest BCUT2D eigenvalue weighted by atomic mass is 19.4.